The molecule has 0 spiro atoms. The fourth-order valence-corrected chi connectivity index (χ4v) is 5.87. The van der Waals surface area contributed by atoms with E-state index in [1.165, 1.54) is 0 Å². The Hall–Kier alpha value is -3.33. The van der Waals surface area contributed by atoms with Gasteiger partial charge in [0.1, 0.15) is 11.5 Å². The van der Waals surface area contributed by atoms with E-state index in [1.807, 2.05) is 35.8 Å². The van der Waals surface area contributed by atoms with E-state index in [9.17, 15) is 9.59 Å². The predicted octanol–water partition coefficient (Wildman–Crippen LogP) is 4.70. The zero-order chi connectivity index (χ0) is 27.4. The number of hydrogen-bond donors (Lipinski definition) is 1. The van der Waals surface area contributed by atoms with Crippen LogP contribution >= 0.6 is 23.2 Å². The van der Waals surface area contributed by atoms with Crippen LogP contribution in [0.1, 0.15) is 36.1 Å². The minimum absolute atomic E-state index is 0.0914. The number of fused-ring (bicyclic) bond motifs is 4. The Bertz CT molecular complexity index is 1440. The number of carbonyl (C=O) groups excluding carboxylic acids is 1. The Kier molecular flexibility index (Phi) is 8.55. The van der Waals surface area contributed by atoms with Gasteiger partial charge in [-0.05, 0) is 67.3 Å². The molecule has 2 aliphatic rings. The van der Waals surface area contributed by atoms with Crippen LogP contribution in [0.2, 0.25) is 10.0 Å². The summed E-state index contributed by atoms with van der Waals surface area (Å²) in [6.45, 7) is 5.60. The second kappa shape index (κ2) is 12.2. The van der Waals surface area contributed by atoms with Crippen LogP contribution in [0.4, 0.5) is 0 Å². The maximum absolute atomic E-state index is 12.4. The van der Waals surface area contributed by atoms with Crippen LogP contribution < -0.4 is 20.5 Å². The second-order valence-electron chi connectivity index (χ2n) is 9.85. The lowest BCUT2D eigenvalue weighted by molar-refractivity contribution is -0.123. The number of piperidine rings is 1. The van der Waals surface area contributed by atoms with E-state index in [2.05, 4.69) is 21.5 Å². The summed E-state index contributed by atoms with van der Waals surface area (Å²) in [6.07, 6.45) is 2.71. The van der Waals surface area contributed by atoms with Crippen LogP contribution in [0.15, 0.2) is 64.5 Å². The van der Waals surface area contributed by atoms with Crippen molar-refractivity contribution < 1.29 is 14.3 Å². The van der Waals surface area contributed by atoms with Crippen LogP contribution in [0.5, 0.6) is 11.5 Å². The number of pyridine rings is 1. The van der Waals surface area contributed by atoms with Gasteiger partial charge in [-0.2, -0.15) is 5.10 Å². The zero-order valence-corrected chi connectivity index (χ0v) is 23.1. The van der Waals surface area contributed by atoms with Crippen LogP contribution in [-0.2, 0) is 17.9 Å². The molecule has 2 bridgehead atoms. The molecule has 0 aliphatic carbocycles. The zero-order valence-electron chi connectivity index (χ0n) is 21.6. The minimum atomic E-state index is -0.414. The predicted molar refractivity (Wildman–Crippen MR) is 152 cm³/mol. The van der Waals surface area contributed by atoms with Crippen molar-refractivity contribution in [2.45, 2.75) is 32.4 Å². The summed E-state index contributed by atoms with van der Waals surface area (Å²) in [5.74, 6) is 1.57. The van der Waals surface area contributed by atoms with Crippen molar-refractivity contribution in [2.75, 3.05) is 26.3 Å². The number of hydrazone groups is 1. The van der Waals surface area contributed by atoms with Gasteiger partial charge < -0.3 is 14.0 Å². The van der Waals surface area contributed by atoms with E-state index < -0.39 is 5.91 Å². The normalized spacial score (nSPS) is 18.5. The van der Waals surface area contributed by atoms with Gasteiger partial charge in [0.25, 0.3) is 11.5 Å². The van der Waals surface area contributed by atoms with E-state index in [1.54, 1.807) is 30.5 Å². The molecule has 1 saturated heterocycles. The highest BCUT2D eigenvalue weighted by atomic mass is 35.5. The van der Waals surface area contributed by atoms with E-state index in [0.29, 0.717) is 34.2 Å². The van der Waals surface area contributed by atoms with Crippen molar-refractivity contribution in [3.63, 3.8) is 0 Å². The van der Waals surface area contributed by atoms with Gasteiger partial charge >= 0.3 is 0 Å². The number of carbonyl (C=O) groups is 1. The number of rotatable bonds is 9. The van der Waals surface area contributed by atoms with Crippen molar-refractivity contribution in [2.24, 2.45) is 11.0 Å². The van der Waals surface area contributed by atoms with E-state index in [0.717, 1.165) is 55.2 Å². The number of aromatic nitrogens is 1. The lowest BCUT2D eigenvalue weighted by atomic mass is 9.83. The topological polar surface area (TPSA) is 85.2 Å². The first-order chi connectivity index (χ1) is 18.9. The van der Waals surface area contributed by atoms with Gasteiger partial charge in [0, 0.05) is 54.4 Å². The maximum atomic E-state index is 12.4. The molecule has 2 aliphatic heterocycles. The first-order valence-electron chi connectivity index (χ1n) is 13.0. The van der Waals surface area contributed by atoms with Gasteiger partial charge in [-0.3, -0.25) is 14.5 Å². The molecule has 204 valence electrons. The van der Waals surface area contributed by atoms with Gasteiger partial charge in [-0.1, -0.05) is 29.3 Å². The monoisotopic (exact) mass is 568 g/mol. The molecule has 1 amide bonds. The van der Waals surface area contributed by atoms with Crippen molar-refractivity contribution in [3.8, 4) is 11.5 Å². The average Bonchev–Trinajstić information content (AvgIpc) is 2.90. The number of amides is 1. The first kappa shape index (κ1) is 27.2. The summed E-state index contributed by atoms with van der Waals surface area (Å²) >= 11 is 12.0. The molecule has 2 aromatic carbocycles. The molecule has 0 saturated carbocycles. The van der Waals surface area contributed by atoms with E-state index in [-0.39, 0.29) is 12.2 Å². The number of benzene rings is 2. The standard InChI is InChI=1S/C29H30Cl2N4O4/c1-2-38-26-8-6-19(13-32-33-28(36)18-39-27-9-7-23(30)12-24(27)31)10-22(26)17-34-14-20-11-21(16-34)25-4-3-5-29(37)35(25)15-20/h3-10,12-13,20-21H,2,11,14-18H2,1H3,(H,33,36). The van der Waals surface area contributed by atoms with E-state index >= 15 is 0 Å². The number of likely N-dealkylation sites (tertiary alicyclic amines) is 1. The Morgan fingerprint density at radius 3 is 2.74 bits per heavy atom. The Morgan fingerprint density at radius 2 is 1.92 bits per heavy atom. The fraction of sp³-hybridized carbons (Fsp3) is 0.345. The molecule has 3 aromatic rings. The number of nitrogens with zero attached hydrogens (tertiary/aromatic N) is 3. The Morgan fingerprint density at radius 1 is 1.08 bits per heavy atom. The fourth-order valence-electron chi connectivity index (χ4n) is 5.41. The molecule has 0 radical (unpaired) electrons. The van der Waals surface area contributed by atoms with Crippen LogP contribution in [-0.4, -0.2) is 47.9 Å². The molecule has 2 unspecified atom stereocenters. The lowest BCUT2D eigenvalue weighted by Crippen LogP contribution is -2.46. The summed E-state index contributed by atoms with van der Waals surface area (Å²) in [7, 11) is 0. The van der Waals surface area contributed by atoms with Gasteiger partial charge in [0.05, 0.1) is 17.8 Å². The molecule has 39 heavy (non-hydrogen) atoms. The third kappa shape index (κ3) is 6.64. The number of ether oxygens (including phenoxy) is 2. The molecule has 5 rings (SSSR count). The maximum Gasteiger partial charge on any atom is 0.277 e. The smallest absolute Gasteiger partial charge is 0.277 e. The molecule has 3 heterocycles. The molecule has 1 N–H and O–H groups in total. The highest BCUT2D eigenvalue weighted by Gasteiger charge is 2.34. The summed E-state index contributed by atoms with van der Waals surface area (Å²) in [5.41, 5.74) is 5.60. The molecule has 8 nitrogen and oxygen atoms in total. The van der Waals surface area contributed by atoms with Crippen molar-refractivity contribution >= 4 is 35.3 Å². The summed E-state index contributed by atoms with van der Waals surface area (Å²) in [5, 5.41) is 4.91. The summed E-state index contributed by atoms with van der Waals surface area (Å²) in [6, 6.07) is 16.3. The van der Waals surface area contributed by atoms with Gasteiger partial charge in [0.2, 0.25) is 0 Å². The number of nitrogens with one attached hydrogen (secondary N) is 1. The minimum Gasteiger partial charge on any atom is -0.494 e. The molecule has 1 aromatic heterocycles. The van der Waals surface area contributed by atoms with Gasteiger partial charge in [-0.15, -0.1) is 0 Å². The van der Waals surface area contributed by atoms with Crippen LogP contribution in [0, 0.1) is 5.92 Å². The second-order valence-corrected chi connectivity index (χ2v) is 10.7. The molecule has 1 fully saturated rings. The van der Waals surface area contributed by atoms with Gasteiger partial charge in [-0.25, -0.2) is 5.43 Å². The average molecular weight is 569 g/mol. The highest BCUT2D eigenvalue weighted by molar-refractivity contribution is 6.35. The summed E-state index contributed by atoms with van der Waals surface area (Å²) in [4.78, 5) is 27.0. The molecule has 2 atom stereocenters. The number of halogens is 2. The highest BCUT2D eigenvalue weighted by Crippen LogP contribution is 2.36. The van der Waals surface area contributed by atoms with Crippen molar-refractivity contribution in [1.82, 2.24) is 14.9 Å². The molecule has 10 heteroatoms. The van der Waals surface area contributed by atoms with Crippen molar-refractivity contribution in [3.05, 3.63) is 91.8 Å². The van der Waals surface area contributed by atoms with Crippen molar-refractivity contribution in [1.29, 1.82) is 0 Å². The van der Waals surface area contributed by atoms with Crippen LogP contribution in [0.3, 0.4) is 0 Å². The number of hydrogen-bond acceptors (Lipinski definition) is 6. The first-order valence-corrected chi connectivity index (χ1v) is 13.7. The molecular formula is C29H30Cl2N4O4. The Balaban J connectivity index is 1.22. The largest absolute Gasteiger partial charge is 0.494 e. The quantitative estimate of drug-likeness (QED) is 0.298. The summed E-state index contributed by atoms with van der Waals surface area (Å²) < 4.78 is 13.3. The SMILES string of the molecule is CCOc1ccc(C=NNC(=O)COc2ccc(Cl)cc2Cl)cc1CN1CC2CC(C1)c1cccc(=O)n1C2. The Labute approximate surface area is 237 Å². The lowest BCUT2D eigenvalue weighted by Gasteiger charge is -2.43. The molecular weight excluding hydrogens is 539 g/mol. The van der Waals surface area contributed by atoms with E-state index in [4.69, 9.17) is 32.7 Å². The van der Waals surface area contributed by atoms with Crippen LogP contribution in [0.25, 0.3) is 0 Å². The third-order valence-corrected chi connectivity index (χ3v) is 7.52. The van der Waals surface area contributed by atoms with Gasteiger partial charge in [0.15, 0.2) is 6.61 Å². The third-order valence-electron chi connectivity index (χ3n) is 6.99.